The Morgan fingerprint density at radius 2 is 1.23 bits per heavy atom. The molecule has 0 saturated carbocycles. The van der Waals surface area contributed by atoms with Gasteiger partial charge in [-0.1, -0.05) is 109 Å². The van der Waals surface area contributed by atoms with Crippen molar-refractivity contribution in [2.45, 2.75) is 100 Å². The van der Waals surface area contributed by atoms with Crippen molar-refractivity contribution in [2.24, 2.45) is 10.8 Å². The number of hydrogen-bond acceptors (Lipinski definition) is 3. The van der Waals surface area contributed by atoms with Crippen LogP contribution in [0, 0.1) is 24.7 Å². The highest BCUT2D eigenvalue weighted by Gasteiger charge is 2.42. The SMILES string of the molecule is C=O.CC.CCCCOC(C)(Cl)C(C)(C)CC(C)(C)C.CO.Cc1ccc(C)cc1. The largest absolute Gasteiger partial charge is 0.400 e. The molecule has 0 spiro atoms. The number of carbonyl (C=O) groups is 1. The zero-order chi connectivity index (χ0) is 25.0. The lowest BCUT2D eigenvalue weighted by Gasteiger charge is -2.43. The molecule has 1 aromatic carbocycles. The minimum absolute atomic E-state index is 0.0272. The van der Waals surface area contributed by atoms with Crippen molar-refractivity contribution in [3.05, 3.63) is 35.4 Å². The molecule has 180 valence electrons. The van der Waals surface area contributed by atoms with Crippen molar-refractivity contribution >= 4 is 18.4 Å². The first kappa shape index (κ1) is 36.5. The quantitative estimate of drug-likeness (QED) is 0.355. The van der Waals surface area contributed by atoms with Gasteiger partial charge in [0.1, 0.15) is 11.8 Å². The van der Waals surface area contributed by atoms with Crippen LogP contribution in [0.25, 0.3) is 0 Å². The number of benzene rings is 1. The van der Waals surface area contributed by atoms with Gasteiger partial charge < -0.3 is 14.6 Å². The van der Waals surface area contributed by atoms with Gasteiger partial charge in [-0.15, -0.1) is 0 Å². The van der Waals surface area contributed by atoms with Crippen LogP contribution in [0.2, 0.25) is 0 Å². The molecule has 0 saturated heterocycles. The Kier molecular flexibility index (Phi) is 24.3. The van der Waals surface area contributed by atoms with Gasteiger partial charge in [0.05, 0.1) is 0 Å². The van der Waals surface area contributed by atoms with Gasteiger partial charge in [-0.3, -0.25) is 0 Å². The van der Waals surface area contributed by atoms with E-state index in [4.69, 9.17) is 26.2 Å². The van der Waals surface area contributed by atoms with E-state index in [-0.39, 0.29) is 10.8 Å². The van der Waals surface area contributed by atoms with E-state index >= 15 is 0 Å². The first-order chi connectivity index (χ1) is 13.8. The second-order valence-corrected chi connectivity index (χ2v) is 9.62. The number of hydrogen-bond donors (Lipinski definition) is 1. The van der Waals surface area contributed by atoms with Crippen LogP contribution in [0.1, 0.15) is 92.7 Å². The Morgan fingerprint density at radius 3 is 1.50 bits per heavy atom. The van der Waals surface area contributed by atoms with E-state index in [0.29, 0.717) is 0 Å². The van der Waals surface area contributed by atoms with Gasteiger partial charge in [-0.05, 0) is 39.0 Å². The number of aliphatic hydroxyl groups excluding tert-OH is 1. The van der Waals surface area contributed by atoms with E-state index in [1.807, 2.05) is 27.6 Å². The van der Waals surface area contributed by atoms with E-state index in [2.05, 4.69) is 79.7 Å². The summed E-state index contributed by atoms with van der Waals surface area (Å²) in [5.74, 6) is 0. The minimum Gasteiger partial charge on any atom is -0.400 e. The molecular formula is C26H51ClO3. The molecule has 0 aromatic heterocycles. The van der Waals surface area contributed by atoms with Crippen LogP contribution in [-0.2, 0) is 9.53 Å². The molecule has 0 bridgehead atoms. The third kappa shape index (κ3) is 20.4. The van der Waals surface area contributed by atoms with Crippen LogP contribution in [0.4, 0.5) is 0 Å². The molecule has 0 amide bonds. The topological polar surface area (TPSA) is 46.5 Å². The molecule has 30 heavy (non-hydrogen) atoms. The summed E-state index contributed by atoms with van der Waals surface area (Å²) >= 11 is 6.55. The average molecular weight is 447 g/mol. The highest BCUT2D eigenvalue weighted by Crippen LogP contribution is 2.45. The number of ether oxygens (including phenoxy) is 1. The predicted molar refractivity (Wildman–Crippen MR) is 135 cm³/mol. The maximum absolute atomic E-state index is 8.00. The molecule has 3 nitrogen and oxygen atoms in total. The van der Waals surface area contributed by atoms with Crippen molar-refractivity contribution < 1.29 is 14.6 Å². The number of rotatable bonds is 6. The van der Waals surface area contributed by atoms with Crippen molar-refractivity contribution in [1.82, 2.24) is 0 Å². The summed E-state index contributed by atoms with van der Waals surface area (Å²) in [5, 5.41) is 6.43. The number of aliphatic hydroxyl groups is 1. The van der Waals surface area contributed by atoms with Crippen LogP contribution in [0.5, 0.6) is 0 Å². The molecule has 1 rings (SSSR count). The Labute approximate surface area is 193 Å². The van der Waals surface area contributed by atoms with Gasteiger partial charge in [0, 0.05) is 19.1 Å². The van der Waals surface area contributed by atoms with Crippen molar-refractivity contribution in [2.75, 3.05) is 13.7 Å². The first-order valence-electron chi connectivity index (χ1n) is 10.9. The predicted octanol–water partition coefficient (Wildman–Crippen LogP) is 7.97. The molecule has 0 heterocycles. The van der Waals surface area contributed by atoms with E-state index in [0.717, 1.165) is 33.0 Å². The molecule has 1 atom stereocenters. The maximum Gasteiger partial charge on any atom is 0.144 e. The Morgan fingerprint density at radius 1 is 0.900 bits per heavy atom. The molecule has 0 aliphatic heterocycles. The summed E-state index contributed by atoms with van der Waals surface area (Å²) in [6.45, 7) is 26.2. The summed E-state index contributed by atoms with van der Waals surface area (Å²) in [5.41, 5.74) is 2.90. The minimum atomic E-state index is -0.574. The monoisotopic (exact) mass is 446 g/mol. The van der Waals surface area contributed by atoms with Gasteiger partial charge in [0.2, 0.25) is 0 Å². The van der Waals surface area contributed by atoms with Gasteiger partial charge >= 0.3 is 0 Å². The van der Waals surface area contributed by atoms with Gasteiger partial charge in [-0.2, -0.15) is 0 Å². The summed E-state index contributed by atoms with van der Waals surface area (Å²) in [6.07, 6.45) is 3.27. The number of alkyl halides is 1. The lowest BCUT2D eigenvalue weighted by atomic mass is 9.73. The molecule has 0 aliphatic carbocycles. The zero-order valence-corrected chi connectivity index (χ0v) is 22.7. The van der Waals surface area contributed by atoms with Crippen molar-refractivity contribution in [1.29, 1.82) is 0 Å². The molecule has 0 aliphatic rings. The Hall–Kier alpha value is -0.900. The van der Waals surface area contributed by atoms with Crippen LogP contribution in [0.15, 0.2) is 24.3 Å². The number of unbranched alkanes of at least 4 members (excludes halogenated alkanes) is 1. The van der Waals surface area contributed by atoms with E-state index < -0.39 is 5.06 Å². The molecule has 1 unspecified atom stereocenters. The summed E-state index contributed by atoms with van der Waals surface area (Å²) in [6, 6.07) is 8.48. The Bertz CT molecular complexity index is 453. The van der Waals surface area contributed by atoms with E-state index in [1.54, 1.807) is 0 Å². The Balaban J connectivity index is -0.000000200. The van der Waals surface area contributed by atoms with Crippen LogP contribution < -0.4 is 0 Å². The lowest BCUT2D eigenvalue weighted by Crippen LogP contribution is -2.42. The summed E-state index contributed by atoms with van der Waals surface area (Å²) in [7, 11) is 1.00. The highest BCUT2D eigenvalue weighted by atomic mass is 35.5. The fourth-order valence-corrected chi connectivity index (χ4v) is 2.87. The normalized spacial score (nSPS) is 12.2. The molecule has 4 heteroatoms. The second kappa shape index (κ2) is 20.0. The maximum atomic E-state index is 8.00. The highest BCUT2D eigenvalue weighted by molar-refractivity contribution is 6.23. The van der Waals surface area contributed by atoms with Crippen LogP contribution in [0.3, 0.4) is 0 Å². The fraction of sp³-hybridized carbons (Fsp3) is 0.731. The van der Waals surface area contributed by atoms with Crippen LogP contribution in [-0.4, -0.2) is 30.7 Å². The average Bonchev–Trinajstić information content (AvgIpc) is 2.68. The fourth-order valence-electron chi connectivity index (χ4n) is 2.72. The molecule has 0 fully saturated rings. The lowest BCUT2D eigenvalue weighted by molar-refractivity contribution is -0.0980. The molecule has 0 radical (unpaired) electrons. The number of aryl methyl sites for hydroxylation is 2. The zero-order valence-electron chi connectivity index (χ0n) is 22.0. The van der Waals surface area contributed by atoms with Crippen LogP contribution >= 0.6 is 11.6 Å². The standard InChI is InChI=1S/C14H29ClO.C8H10.C2H6.CH4O.CH2O/c1-8-9-10-16-14(7,15)13(5,6)11-12(2,3)4;1-7-3-5-8(2)6-4-7;3*1-2/h8-11H2,1-7H3;3-6H,1-2H3;1-2H3;2H,1H3;1H2. The second-order valence-electron chi connectivity index (χ2n) is 8.89. The third-order valence-electron chi connectivity index (χ3n) is 4.27. The van der Waals surface area contributed by atoms with Crippen molar-refractivity contribution in [3.8, 4) is 0 Å². The van der Waals surface area contributed by atoms with Crippen molar-refractivity contribution in [3.63, 3.8) is 0 Å². The van der Waals surface area contributed by atoms with Gasteiger partial charge in [0.15, 0.2) is 0 Å². The van der Waals surface area contributed by atoms with E-state index in [1.165, 1.54) is 11.1 Å². The van der Waals surface area contributed by atoms with E-state index in [9.17, 15) is 0 Å². The van der Waals surface area contributed by atoms with Gasteiger partial charge in [-0.25, -0.2) is 0 Å². The third-order valence-corrected chi connectivity index (χ3v) is 4.89. The van der Waals surface area contributed by atoms with Gasteiger partial charge in [0.25, 0.3) is 0 Å². The molecule has 1 aromatic rings. The number of carbonyl (C=O) groups excluding carboxylic acids is 1. The number of halogens is 1. The molecule has 1 N–H and O–H groups in total. The summed E-state index contributed by atoms with van der Waals surface area (Å²) < 4.78 is 5.85. The molecular weight excluding hydrogens is 396 g/mol. The summed E-state index contributed by atoms with van der Waals surface area (Å²) in [4.78, 5) is 8.00. The smallest absolute Gasteiger partial charge is 0.144 e. The first-order valence-corrected chi connectivity index (χ1v) is 11.3.